The molecular weight excluding hydrogens is 353 g/mol. The quantitative estimate of drug-likeness (QED) is 0.657. The van der Waals surface area contributed by atoms with Crippen LogP contribution in [0.15, 0.2) is 83.9 Å². The Morgan fingerprint density at radius 3 is 2.57 bits per heavy atom. The van der Waals surface area contributed by atoms with Crippen LogP contribution in [-0.4, -0.2) is 24.4 Å². The molecule has 0 aromatic heterocycles. The summed E-state index contributed by atoms with van der Waals surface area (Å²) in [5, 5.41) is 0. The summed E-state index contributed by atoms with van der Waals surface area (Å²) in [5.74, 6) is 0.246. The van der Waals surface area contributed by atoms with Gasteiger partial charge in [0.05, 0.1) is 12.8 Å². The first-order valence-electron chi connectivity index (χ1n) is 9.18. The number of aliphatic imine (C=N–C) groups is 1. The van der Waals surface area contributed by atoms with Gasteiger partial charge in [0.1, 0.15) is 5.75 Å². The van der Waals surface area contributed by atoms with Crippen LogP contribution >= 0.6 is 0 Å². The summed E-state index contributed by atoms with van der Waals surface area (Å²) in [5.41, 5.74) is 1.28. The molecule has 4 heteroatoms. The first-order valence-corrected chi connectivity index (χ1v) is 9.18. The fraction of sp³-hybridized carbons (Fsp3) is 0.167. The second kappa shape index (κ2) is 7.39. The van der Waals surface area contributed by atoms with Crippen molar-refractivity contribution in [3.05, 3.63) is 101 Å². The molecule has 0 radical (unpaired) electrons. The van der Waals surface area contributed by atoms with E-state index in [0.717, 1.165) is 11.1 Å². The smallest absolute Gasteiger partial charge is 0.277 e. The molecule has 28 heavy (non-hydrogen) atoms. The van der Waals surface area contributed by atoms with Gasteiger partial charge in [-0.05, 0) is 35.4 Å². The molecule has 0 saturated heterocycles. The molecule has 0 heterocycles. The maximum Gasteiger partial charge on any atom is 0.277 e. The van der Waals surface area contributed by atoms with E-state index in [2.05, 4.69) is 4.99 Å². The van der Waals surface area contributed by atoms with E-state index in [4.69, 9.17) is 4.74 Å². The van der Waals surface area contributed by atoms with Gasteiger partial charge in [-0.25, -0.2) is 9.38 Å². The van der Waals surface area contributed by atoms with Crippen molar-refractivity contribution in [2.24, 2.45) is 4.99 Å². The van der Waals surface area contributed by atoms with Crippen molar-refractivity contribution in [1.29, 1.82) is 0 Å². The molecule has 4 rings (SSSR count). The largest absolute Gasteiger partial charge is 0.497 e. The van der Waals surface area contributed by atoms with Crippen molar-refractivity contribution in [1.82, 2.24) is 0 Å². The van der Waals surface area contributed by atoms with Crippen LogP contribution in [0.3, 0.4) is 0 Å². The fourth-order valence-electron chi connectivity index (χ4n) is 3.69. The predicted molar refractivity (Wildman–Crippen MR) is 108 cm³/mol. The van der Waals surface area contributed by atoms with E-state index in [-0.39, 0.29) is 18.6 Å². The highest BCUT2D eigenvalue weighted by Gasteiger charge is 2.44. The van der Waals surface area contributed by atoms with Gasteiger partial charge in [0.15, 0.2) is 5.67 Å². The van der Waals surface area contributed by atoms with E-state index in [1.807, 2.05) is 54.6 Å². The Morgan fingerprint density at radius 2 is 1.79 bits per heavy atom. The van der Waals surface area contributed by atoms with E-state index in [1.54, 1.807) is 31.4 Å². The average molecular weight is 373 g/mol. The van der Waals surface area contributed by atoms with Gasteiger partial charge in [-0.1, -0.05) is 54.6 Å². The number of carbonyl (C=O) groups is 1. The maximum atomic E-state index is 16.2. The van der Waals surface area contributed by atoms with Crippen molar-refractivity contribution in [3.8, 4) is 5.75 Å². The van der Waals surface area contributed by atoms with Gasteiger partial charge >= 0.3 is 0 Å². The summed E-state index contributed by atoms with van der Waals surface area (Å²) >= 11 is 0. The normalized spacial score (nSPS) is 19.4. The minimum absolute atomic E-state index is 0.125. The van der Waals surface area contributed by atoms with Crippen LogP contribution in [0.1, 0.15) is 27.0 Å². The van der Waals surface area contributed by atoms with Crippen LogP contribution in [0.2, 0.25) is 0 Å². The lowest BCUT2D eigenvalue weighted by Crippen LogP contribution is -2.34. The highest BCUT2D eigenvalue weighted by Crippen LogP contribution is 2.37. The number of nitrogens with zero attached hydrogens (tertiary/aromatic N) is 1. The molecule has 0 aliphatic heterocycles. The number of rotatable bonds is 4. The molecule has 1 aliphatic rings. The van der Waals surface area contributed by atoms with Gasteiger partial charge < -0.3 is 4.74 Å². The van der Waals surface area contributed by atoms with Gasteiger partial charge in [0.25, 0.3) is 5.91 Å². The summed E-state index contributed by atoms with van der Waals surface area (Å²) in [6.07, 6.45) is 0.321. The number of carbonyl (C=O) groups excluding carboxylic acids is 1. The van der Waals surface area contributed by atoms with Crippen molar-refractivity contribution in [2.45, 2.75) is 18.5 Å². The Balaban J connectivity index is 1.75. The van der Waals surface area contributed by atoms with Crippen molar-refractivity contribution in [2.75, 3.05) is 7.11 Å². The number of fused-ring (bicyclic) bond motifs is 1. The van der Waals surface area contributed by atoms with Crippen molar-refractivity contribution >= 4 is 11.6 Å². The van der Waals surface area contributed by atoms with Gasteiger partial charge in [-0.2, -0.15) is 0 Å². The fourth-order valence-corrected chi connectivity index (χ4v) is 3.69. The summed E-state index contributed by atoms with van der Waals surface area (Å²) in [6, 6.07) is 23.6. The van der Waals surface area contributed by atoms with Crippen LogP contribution in [0.4, 0.5) is 4.39 Å². The van der Waals surface area contributed by atoms with E-state index in [0.29, 0.717) is 16.9 Å². The highest BCUT2D eigenvalue weighted by atomic mass is 19.1. The number of methoxy groups -OCH3 is 1. The Labute approximate surface area is 163 Å². The SMILES string of the molecule is COc1cccc(CC2(F)Cc3ccccc3C2=NC(=O)c2ccccc2)c1. The zero-order chi connectivity index (χ0) is 19.6. The number of alkyl halides is 1. The molecule has 3 aromatic carbocycles. The van der Waals surface area contributed by atoms with Crippen LogP contribution < -0.4 is 4.74 Å². The number of amides is 1. The van der Waals surface area contributed by atoms with Crippen LogP contribution in [0.25, 0.3) is 0 Å². The van der Waals surface area contributed by atoms with Crippen LogP contribution in [0, 0.1) is 0 Å². The minimum Gasteiger partial charge on any atom is -0.497 e. The molecule has 3 nitrogen and oxygen atoms in total. The second-order valence-corrected chi connectivity index (χ2v) is 6.96. The molecule has 0 saturated carbocycles. The Morgan fingerprint density at radius 1 is 1.04 bits per heavy atom. The molecule has 0 N–H and O–H groups in total. The second-order valence-electron chi connectivity index (χ2n) is 6.96. The molecule has 1 atom stereocenters. The maximum absolute atomic E-state index is 16.2. The molecule has 0 bridgehead atoms. The Hall–Kier alpha value is -3.27. The number of hydrogen-bond donors (Lipinski definition) is 0. The molecule has 0 spiro atoms. The summed E-state index contributed by atoms with van der Waals surface area (Å²) < 4.78 is 21.5. The minimum atomic E-state index is -1.75. The first-order chi connectivity index (χ1) is 13.6. The van der Waals surface area contributed by atoms with Gasteiger partial charge in [0, 0.05) is 24.0 Å². The first kappa shape index (κ1) is 18.1. The lowest BCUT2D eigenvalue weighted by atomic mass is 9.91. The summed E-state index contributed by atoms with van der Waals surface area (Å²) in [7, 11) is 1.58. The number of hydrogen-bond acceptors (Lipinski definition) is 2. The van der Waals surface area contributed by atoms with E-state index in [9.17, 15) is 4.79 Å². The van der Waals surface area contributed by atoms with E-state index < -0.39 is 11.6 Å². The number of benzene rings is 3. The molecule has 1 unspecified atom stereocenters. The average Bonchev–Trinajstić information content (AvgIpc) is 3.00. The monoisotopic (exact) mass is 373 g/mol. The lowest BCUT2D eigenvalue weighted by Gasteiger charge is -2.21. The van der Waals surface area contributed by atoms with Crippen molar-refractivity contribution < 1.29 is 13.9 Å². The third-order valence-electron chi connectivity index (χ3n) is 5.02. The van der Waals surface area contributed by atoms with Crippen molar-refractivity contribution in [3.63, 3.8) is 0 Å². The molecular formula is C24H20FNO2. The highest BCUT2D eigenvalue weighted by molar-refractivity contribution is 6.17. The van der Waals surface area contributed by atoms with E-state index >= 15 is 4.39 Å². The molecule has 0 fully saturated rings. The van der Waals surface area contributed by atoms with Crippen LogP contribution in [-0.2, 0) is 12.8 Å². The molecule has 3 aromatic rings. The number of halogens is 1. The zero-order valence-corrected chi connectivity index (χ0v) is 15.6. The van der Waals surface area contributed by atoms with E-state index in [1.165, 1.54) is 0 Å². The zero-order valence-electron chi connectivity index (χ0n) is 15.6. The third-order valence-corrected chi connectivity index (χ3v) is 5.02. The van der Waals surface area contributed by atoms with Crippen LogP contribution in [0.5, 0.6) is 5.75 Å². The Bertz CT molecular complexity index is 1050. The van der Waals surface area contributed by atoms with Gasteiger partial charge in [0.2, 0.25) is 0 Å². The number of ether oxygens (including phenoxy) is 1. The topological polar surface area (TPSA) is 38.7 Å². The standard InChI is InChI=1S/C24H20FNO2/c1-28-20-12-7-8-17(14-20)15-24(25)16-19-11-5-6-13-21(19)22(24)26-23(27)18-9-3-2-4-10-18/h2-14H,15-16H2,1H3. The molecule has 1 aliphatic carbocycles. The lowest BCUT2D eigenvalue weighted by molar-refractivity contribution is 0.100. The predicted octanol–water partition coefficient (Wildman–Crippen LogP) is 4.83. The van der Waals surface area contributed by atoms with Gasteiger partial charge in [-0.3, -0.25) is 4.79 Å². The summed E-state index contributed by atoms with van der Waals surface area (Å²) in [6.45, 7) is 0. The third kappa shape index (κ3) is 3.46. The summed E-state index contributed by atoms with van der Waals surface area (Å²) in [4.78, 5) is 16.9. The molecule has 140 valence electrons. The molecule has 1 amide bonds. The Kier molecular flexibility index (Phi) is 4.78. The van der Waals surface area contributed by atoms with Gasteiger partial charge in [-0.15, -0.1) is 0 Å².